The van der Waals surface area contributed by atoms with Crippen molar-refractivity contribution in [1.82, 2.24) is 19.2 Å². The fourth-order valence-corrected chi connectivity index (χ4v) is 2.24. The van der Waals surface area contributed by atoms with E-state index in [-0.39, 0.29) is 12.2 Å². The highest BCUT2D eigenvalue weighted by Gasteiger charge is 2.13. The molecule has 0 aliphatic heterocycles. The second-order valence-electron chi connectivity index (χ2n) is 4.88. The van der Waals surface area contributed by atoms with Crippen LogP contribution in [-0.2, 0) is 13.0 Å². The summed E-state index contributed by atoms with van der Waals surface area (Å²) in [6.07, 6.45) is 4.78. The van der Waals surface area contributed by atoms with Crippen LogP contribution in [-0.4, -0.2) is 24.3 Å². The zero-order valence-corrected chi connectivity index (χ0v) is 11.7. The standard InChI is InChI=1S/C15H16N4O2/c1-2-11-3-5-12(6-4-11)13(20)10-19-15(21)18-8-7-16-9-14(18)17-19/h3-9,13,20H,2,10H2,1H3. The molecule has 0 aliphatic rings. The molecule has 0 amide bonds. The van der Waals surface area contributed by atoms with E-state index in [1.54, 1.807) is 6.20 Å². The van der Waals surface area contributed by atoms with Gasteiger partial charge in [0.25, 0.3) is 0 Å². The summed E-state index contributed by atoms with van der Waals surface area (Å²) in [5.41, 5.74) is 2.17. The third-order valence-electron chi connectivity index (χ3n) is 3.51. The molecule has 0 spiro atoms. The van der Waals surface area contributed by atoms with Crippen LogP contribution >= 0.6 is 0 Å². The van der Waals surface area contributed by atoms with Crippen molar-refractivity contribution in [2.45, 2.75) is 26.0 Å². The molecule has 0 saturated carbocycles. The molecular formula is C15H16N4O2. The number of aliphatic hydroxyl groups excluding tert-OH is 1. The summed E-state index contributed by atoms with van der Waals surface area (Å²) < 4.78 is 2.66. The van der Waals surface area contributed by atoms with Gasteiger partial charge in [-0.15, -0.1) is 5.10 Å². The van der Waals surface area contributed by atoms with Crippen LogP contribution in [0.3, 0.4) is 0 Å². The maximum Gasteiger partial charge on any atom is 0.350 e. The first-order valence-corrected chi connectivity index (χ1v) is 6.85. The van der Waals surface area contributed by atoms with Crippen molar-refractivity contribution in [3.05, 3.63) is 64.5 Å². The maximum atomic E-state index is 12.1. The molecular weight excluding hydrogens is 268 g/mol. The molecule has 6 nitrogen and oxygen atoms in total. The first-order chi connectivity index (χ1) is 10.2. The zero-order chi connectivity index (χ0) is 14.8. The number of nitrogens with zero attached hydrogens (tertiary/aromatic N) is 4. The first-order valence-electron chi connectivity index (χ1n) is 6.85. The molecule has 1 atom stereocenters. The largest absolute Gasteiger partial charge is 0.386 e. The number of rotatable bonds is 4. The van der Waals surface area contributed by atoms with Crippen molar-refractivity contribution in [2.24, 2.45) is 0 Å². The van der Waals surface area contributed by atoms with Crippen molar-refractivity contribution >= 4 is 5.65 Å². The second-order valence-corrected chi connectivity index (χ2v) is 4.88. The van der Waals surface area contributed by atoms with Gasteiger partial charge < -0.3 is 5.11 Å². The lowest BCUT2D eigenvalue weighted by atomic mass is 10.1. The molecule has 1 N–H and O–H groups in total. The van der Waals surface area contributed by atoms with Crippen LogP contribution in [0.2, 0.25) is 0 Å². The summed E-state index contributed by atoms with van der Waals surface area (Å²) in [5.74, 6) is 0. The van der Waals surface area contributed by atoms with Gasteiger partial charge in [0.05, 0.1) is 18.8 Å². The van der Waals surface area contributed by atoms with Gasteiger partial charge in [0.1, 0.15) is 0 Å². The van der Waals surface area contributed by atoms with Gasteiger partial charge in [0.15, 0.2) is 5.65 Å². The quantitative estimate of drug-likeness (QED) is 0.781. The normalized spacial score (nSPS) is 12.7. The Bertz CT molecular complexity index is 804. The molecule has 2 heterocycles. The smallest absolute Gasteiger partial charge is 0.350 e. The zero-order valence-electron chi connectivity index (χ0n) is 11.7. The topological polar surface area (TPSA) is 72.4 Å². The molecule has 0 radical (unpaired) electrons. The average molecular weight is 284 g/mol. The molecule has 1 unspecified atom stereocenters. The third kappa shape index (κ3) is 2.57. The Morgan fingerprint density at radius 2 is 2.05 bits per heavy atom. The molecule has 1 aromatic carbocycles. The molecule has 0 aliphatic carbocycles. The molecule has 21 heavy (non-hydrogen) atoms. The lowest BCUT2D eigenvalue weighted by molar-refractivity contribution is 0.150. The van der Waals surface area contributed by atoms with E-state index in [4.69, 9.17) is 0 Å². The summed E-state index contributed by atoms with van der Waals surface area (Å²) in [6.45, 7) is 2.20. The van der Waals surface area contributed by atoms with E-state index >= 15 is 0 Å². The van der Waals surface area contributed by atoms with Crippen LogP contribution in [0.15, 0.2) is 47.7 Å². The number of hydrogen-bond acceptors (Lipinski definition) is 4. The highest BCUT2D eigenvalue weighted by Crippen LogP contribution is 2.15. The summed E-state index contributed by atoms with van der Waals surface area (Å²) in [7, 11) is 0. The molecule has 3 aromatic rings. The predicted octanol–water partition coefficient (Wildman–Crippen LogP) is 1.19. The number of hydrogen-bond donors (Lipinski definition) is 1. The minimum Gasteiger partial charge on any atom is -0.386 e. The van der Waals surface area contributed by atoms with Crippen molar-refractivity contribution in [3.63, 3.8) is 0 Å². The van der Waals surface area contributed by atoms with Crippen molar-refractivity contribution in [1.29, 1.82) is 0 Å². The van der Waals surface area contributed by atoms with E-state index in [2.05, 4.69) is 17.0 Å². The Kier molecular flexibility index (Phi) is 3.53. The molecule has 2 aromatic heterocycles. The van der Waals surface area contributed by atoms with Gasteiger partial charge in [0.2, 0.25) is 0 Å². The van der Waals surface area contributed by atoms with Crippen molar-refractivity contribution in [3.8, 4) is 0 Å². The molecule has 108 valence electrons. The maximum absolute atomic E-state index is 12.1. The van der Waals surface area contributed by atoms with Crippen LogP contribution in [0, 0.1) is 0 Å². The van der Waals surface area contributed by atoms with Crippen LogP contribution in [0.25, 0.3) is 5.65 Å². The van der Waals surface area contributed by atoms with E-state index < -0.39 is 6.10 Å². The van der Waals surface area contributed by atoms with E-state index in [0.29, 0.717) is 5.65 Å². The SMILES string of the molecule is CCc1ccc(C(O)Cn2nc3cnccn3c2=O)cc1. The van der Waals surface area contributed by atoms with Gasteiger partial charge in [-0.1, -0.05) is 31.2 Å². The van der Waals surface area contributed by atoms with E-state index in [9.17, 15) is 9.90 Å². The van der Waals surface area contributed by atoms with Gasteiger partial charge >= 0.3 is 5.69 Å². The van der Waals surface area contributed by atoms with Crippen LogP contribution < -0.4 is 5.69 Å². The Labute approximate surface area is 121 Å². The lowest BCUT2D eigenvalue weighted by Crippen LogP contribution is -2.24. The molecule has 3 rings (SSSR count). The van der Waals surface area contributed by atoms with E-state index in [1.165, 1.54) is 27.0 Å². The number of aromatic nitrogens is 4. The fraction of sp³-hybridized carbons (Fsp3) is 0.267. The summed E-state index contributed by atoms with van der Waals surface area (Å²) in [4.78, 5) is 16.0. The molecule has 6 heteroatoms. The van der Waals surface area contributed by atoms with E-state index in [0.717, 1.165) is 12.0 Å². The average Bonchev–Trinajstić information content (AvgIpc) is 2.84. The molecule has 0 bridgehead atoms. The Morgan fingerprint density at radius 3 is 2.71 bits per heavy atom. The molecule has 0 fully saturated rings. The summed E-state index contributed by atoms with van der Waals surface area (Å²) >= 11 is 0. The predicted molar refractivity (Wildman–Crippen MR) is 78.0 cm³/mol. The van der Waals surface area contributed by atoms with Gasteiger partial charge in [-0.05, 0) is 17.5 Å². The summed E-state index contributed by atoms with van der Waals surface area (Å²) in [6, 6.07) is 7.72. The minimum atomic E-state index is -0.772. The highest BCUT2D eigenvalue weighted by molar-refractivity contribution is 5.32. The van der Waals surface area contributed by atoms with Gasteiger partial charge in [-0.2, -0.15) is 0 Å². The first kappa shape index (κ1) is 13.5. The second kappa shape index (κ2) is 5.49. The van der Waals surface area contributed by atoms with E-state index in [1.807, 2.05) is 24.3 Å². The number of aliphatic hydroxyl groups is 1. The Balaban J connectivity index is 1.87. The van der Waals surface area contributed by atoms with Gasteiger partial charge in [0, 0.05) is 12.4 Å². The van der Waals surface area contributed by atoms with Crippen molar-refractivity contribution in [2.75, 3.05) is 0 Å². The summed E-state index contributed by atoms with van der Waals surface area (Å²) in [5, 5.41) is 14.4. The monoisotopic (exact) mass is 284 g/mol. The van der Waals surface area contributed by atoms with Crippen LogP contribution in [0.5, 0.6) is 0 Å². The fourth-order valence-electron chi connectivity index (χ4n) is 2.24. The number of aryl methyl sites for hydroxylation is 1. The van der Waals surface area contributed by atoms with Crippen molar-refractivity contribution < 1.29 is 5.11 Å². The van der Waals surface area contributed by atoms with Gasteiger partial charge in [-0.3, -0.25) is 4.98 Å². The minimum absolute atomic E-state index is 0.117. The Hall–Kier alpha value is -2.47. The van der Waals surface area contributed by atoms with Gasteiger partial charge in [-0.25, -0.2) is 13.9 Å². The number of fused-ring (bicyclic) bond motifs is 1. The number of benzene rings is 1. The lowest BCUT2D eigenvalue weighted by Gasteiger charge is -2.10. The van der Waals surface area contributed by atoms with Crippen LogP contribution in [0.1, 0.15) is 24.2 Å². The third-order valence-corrected chi connectivity index (χ3v) is 3.51. The van der Waals surface area contributed by atoms with Crippen LogP contribution in [0.4, 0.5) is 0 Å². The Morgan fingerprint density at radius 1 is 1.29 bits per heavy atom. The highest BCUT2D eigenvalue weighted by atomic mass is 16.3. The molecule has 0 saturated heterocycles.